The average molecular weight is 346 g/mol. The molecule has 0 spiro atoms. The highest BCUT2D eigenvalue weighted by atomic mass is 79.9. The minimum Gasteiger partial charge on any atom is -0.330 e. The second-order valence-electron chi connectivity index (χ2n) is 5.14. The minimum atomic E-state index is -0.106. The molecule has 21 heavy (non-hydrogen) atoms. The fraction of sp³-hybridized carbons (Fsp3) is 0.188. The highest BCUT2D eigenvalue weighted by molar-refractivity contribution is 9.10. The fourth-order valence-electron chi connectivity index (χ4n) is 2.58. The van der Waals surface area contributed by atoms with E-state index in [0.29, 0.717) is 0 Å². The van der Waals surface area contributed by atoms with E-state index in [-0.39, 0.29) is 18.5 Å². The molecule has 0 saturated carbocycles. The number of hydrogen-bond donors (Lipinski definition) is 2. The molecule has 4 nitrogen and oxygen atoms in total. The number of rotatable bonds is 2. The van der Waals surface area contributed by atoms with Crippen LogP contribution in [0, 0.1) is 0 Å². The molecule has 2 aromatic rings. The molecule has 1 unspecified atom stereocenters. The van der Waals surface area contributed by atoms with E-state index in [0.717, 1.165) is 27.1 Å². The van der Waals surface area contributed by atoms with Crippen LogP contribution >= 0.6 is 15.9 Å². The largest absolute Gasteiger partial charge is 0.330 e. The Morgan fingerprint density at radius 1 is 1.24 bits per heavy atom. The lowest BCUT2D eigenvalue weighted by atomic mass is 10.0. The minimum absolute atomic E-state index is 0.0238. The Bertz CT molecular complexity index is 700. The maximum Gasteiger partial charge on any atom is 0.244 e. The van der Waals surface area contributed by atoms with Crippen LogP contribution in [0.3, 0.4) is 0 Å². The molecule has 1 atom stereocenters. The number of hydrogen-bond acceptors (Lipinski definition) is 3. The number of anilines is 3. The molecule has 2 aromatic carbocycles. The fourth-order valence-corrected chi connectivity index (χ4v) is 2.93. The third-order valence-corrected chi connectivity index (χ3v) is 4.04. The molecule has 5 heteroatoms. The lowest BCUT2D eigenvalue weighted by Crippen LogP contribution is -2.35. The van der Waals surface area contributed by atoms with Gasteiger partial charge in [-0.15, -0.1) is 0 Å². The first kappa shape index (κ1) is 14.1. The standard InChI is InChI=1S/C16H16BrN3O/c1-10(18)12-7-6-11(17)8-15(12)20-9-16(21)19-13-4-2-3-5-14(13)20/h2-8,10H,9,18H2,1H3,(H,19,21). The third kappa shape index (κ3) is 2.66. The van der Waals surface area contributed by atoms with Crippen LogP contribution in [0.25, 0.3) is 0 Å². The molecule has 0 radical (unpaired) electrons. The monoisotopic (exact) mass is 345 g/mol. The van der Waals surface area contributed by atoms with Gasteiger partial charge in [-0.2, -0.15) is 0 Å². The van der Waals surface area contributed by atoms with E-state index < -0.39 is 0 Å². The summed E-state index contributed by atoms with van der Waals surface area (Å²) in [7, 11) is 0. The van der Waals surface area contributed by atoms with Crippen molar-refractivity contribution in [3.63, 3.8) is 0 Å². The molecule has 1 amide bonds. The summed E-state index contributed by atoms with van der Waals surface area (Å²) in [6, 6.07) is 13.7. The van der Waals surface area contributed by atoms with Crippen LogP contribution in [-0.2, 0) is 4.79 Å². The molecule has 108 valence electrons. The third-order valence-electron chi connectivity index (χ3n) is 3.54. The van der Waals surface area contributed by atoms with Crippen LogP contribution in [0.2, 0.25) is 0 Å². The summed E-state index contributed by atoms with van der Waals surface area (Å²) in [6.07, 6.45) is 0. The van der Waals surface area contributed by atoms with Crippen LogP contribution in [-0.4, -0.2) is 12.5 Å². The molecule has 3 rings (SSSR count). The van der Waals surface area contributed by atoms with Crippen LogP contribution in [0.4, 0.5) is 17.1 Å². The number of nitrogens with one attached hydrogen (secondary N) is 1. The second-order valence-corrected chi connectivity index (χ2v) is 6.06. The SMILES string of the molecule is CC(N)c1ccc(Br)cc1N1CC(=O)Nc2ccccc21. The normalized spacial score (nSPS) is 15.4. The lowest BCUT2D eigenvalue weighted by Gasteiger charge is -2.33. The summed E-state index contributed by atoms with van der Waals surface area (Å²) in [4.78, 5) is 14.0. The maximum absolute atomic E-state index is 12.0. The number of fused-ring (bicyclic) bond motifs is 1. The van der Waals surface area contributed by atoms with Gasteiger partial charge >= 0.3 is 0 Å². The molecule has 1 aliphatic heterocycles. The van der Waals surface area contributed by atoms with Gasteiger partial charge in [0.05, 0.1) is 11.4 Å². The number of halogens is 1. The number of benzene rings is 2. The predicted molar refractivity (Wildman–Crippen MR) is 88.8 cm³/mol. The van der Waals surface area contributed by atoms with Gasteiger partial charge in [0.15, 0.2) is 0 Å². The van der Waals surface area contributed by atoms with E-state index in [1.807, 2.05) is 54.3 Å². The topological polar surface area (TPSA) is 58.4 Å². The first-order valence-electron chi connectivity index (χ1n) is 6.77. The first-order valence-corrected chi connectivity index (χ1v) is 7.57. The van der Waals surface area contributed by atoms with Crippen LogP contribution in [0.1, 0.15) is 18.5 Å². The van der Waals surface area contributed by atoms with E-state index in [1.54, 1.807) is 0 Å². The van der Waals surface area contributed by atoms with Crippen molar-refractivity contribution in [2.24, 2.45) is 5.73 Å². The number of para-hydroxylation sites is 2. The number of carbonyl (C=O) groups excluding carboxylic acids is 1. The number of carbonyl (C=O) groups is 1. The van der Waals surface area contributed by atoms with Crippen molar-refractivity contribution in [1.29, 1.82) is 0 Å². The van der Waals surface area contributed by atoms with E-state index in [1.165, 1.54) is 0 Å². The molecule has 3 N–H and O–H groups in total. The van der Waals surface area contributed by atoms with Crippen molar-refractivity contribution >= 4 is 38.9 Å². The number of nitrogens with zero attached hydrogens (tertiary/aromatic N) is 1. The van der Waals surface area contributed by atoms with E-state index in [9.17, 15) is 4.79 Å². The molecule has 0 saturated heterocycles. The molecule has 1 aliphatic rings. The van der Waals surface area contributed by atoms with Crippen molar-refractivity contribution in [2.45, 2.75) is 13.0 Å². The molecular formula is C16H16BrN3O. The van der Waals surface area contributed by atoms with Gasteiger partial charge in [-0.3, -0.25) is 4.79 Å². The molecule has 0 aromatic heterocycles. The second kappa shape index (κ2) is 5.50. The summed E-state index contributed by atoms with van der Waals surface area (Å²) < 4.78 is 0.963. The Labute approximate surface area is 132 Å². The molecule has 1 heterocycles. The molecule has 0 bridgehead atoms. The summed E-state index contributed by atoms with van der Waals surface area (Å²) in [5.74, 6) is -0.0238. The Morgan fingerprint density at radius 2 is 2.00 bits per heavy atom. The lowest BCUT2D eigenvalue weighted by molar-refractivity contribution is -0.115. The average Bonchev–Trinajstić information content (AvgIpc) is 2.45. The van der Waals surface area contributed by atoms with Crippen LogP contribution < -0.4 is 16.0 Å². The van der Waals surface area contributed by atoms with Crippen molar-refractivity contribution in [3.05, 3.63) is 52.5 Å². The van der Waals surface area contributed by atoms with Gasteiger partial charge in [-0.25, -0.2) is 0 Å². The molecule has 0 aliphatic carbocycles. The summed E-state index contributed by atoms with van der Waals surface area (Å²) in [5.41, 5.74) is 9.87. The van der Waals surface area contributed by atoms with Gasteiger partial charge in [-0.1, -0.05) is 34.1 Å². The Kier molecular flexibility index (Phi) is 3.69. The first-order chi connectivity index (χ1) is 10.1. The Morgan fingerprint density at radius 3 is 2.76 bits per heavy atom. The Balaban J connectivity index is 2.17. The van der Waals surface area contributed by atoms with Crippen LogP contribution in [0.5, 0.6) is 0 Å². The van der Waals surface area contributed by atoms with E-state index >= 15 is 0 Å². The van der Waals surface area contributed by atoms with E-state index in [2.05, 4.69) is 21.2 Å². The van der Waals surface area contributed by atoms with Gasteiger partial charge in [0.1, 0.15) is 6.54 Å². The maximum atomic E-state index is 12.0. The van der Waals surface area contributed by atoms with Crippen molar-refractivity contribution < 1.29 is 4.79 Å². The van der Waals surface area contributed by atoms with Gasteiger partial charge in [0, 0.05) is 16.2 Å². The van der Waals surface area contributed by atoms with Crippen LogP contribution in [0.15, 0.2) is 46.9 Å². The van der Waals surface area contributed by atoms with Gasteiger partial charge in [0.2, 0.25) is 5.91 Å². The molecule has 0 fully saturated rings. The highest BCUT2D eigenvalue weighted by Crippen LogP contribution is 2.38. The van der Waals surface area contributed by atoms with Gasteiger partial charge in [-0.05, 0) is 36.8 Å². The zero-order chi connectivity index (χ0) is 15.0. The van der Waals surface area contributed by atoms with E-state index in [4.69, 9.17) is 5.73 Å². The summed E-state index contributed by atoms with van der Waals surface area (Å²) >= 11 is 3.50. The quantitative estimate of drug-likeness (QED) is 0.874. The summed E-state index contributed by atoms with van der Waals surface area (Å²) in [6.45, 7) is 2.23. The molecular weight excluding hydrogens is 330 g/mol. The number of nitrogens with two attached hydrogens (primary N) is 1. The highest BCUT2D eigenvalue weighted by Gasteiger charge is 2.25. The van der Waals surface area contributed by atoms with Crippen molar-refractivity contribution in [2.75, 3.05) is 16.8 Å². The predicted octanol–water partition coefficient (Wildman–Crippen LogP) is 3.56. The zero-order valence-corrected chi connectivity index (χ0v) is 13.2. The van der Waals surface area contributed by atoms with Crippen molar-refractivity contribution in [3.8, 4) is 0 Å². The van der Waals surface area contributed by atoms with Gasteiger partial charge in [0.25, 0.3) is 0 Å². The summed E-state index contributed by atoms with van der Waals surface area (Å²) in [5, 5.41) is 2.90. The Hall–Kier alpha value is -1.85. The van der Waals surface area contributed by atoms with Crippen molar-refractivity contribution in [1.82, 2.24) is 0 Å². The van der Waals surface area contributed by atoms with Gasteiger partial charge < -0.3 is 16.0 Å². The smallest absolute Gasteiger partial charge is 0.244 e. The zero-order valence-electron chi connectivity index (χ0n) is 11.6. The number of amides is 1.